The lowest BCUT2D eigenvalue weighted by atomic mass is 10.1. The summed E-state index contributed by atoms with van der Waals surface area (Å²) in [6.07, 6.45) is 6.00. The maximum absolute atomic E-state index is 6.37. The molecule has 0 radical (unpaired) electrons. The van der Waals surface area contributed by atoms with E-state index in [2.05, 4.69) is 0 Å². The molecule has 0 aromatic heterocycles. The topological polar surface area (TPSA) is 120 Å². The minimum atomic E-state index is -0.855. The predicted molar refractivity (Wildman–Crippen MR) is 154 cm³/mol. The van der Waals surface area contributed by atoms with Gasteiger partial charge < -0.3 is 61.6 Å². The van der Waals surface area contributed by atoms with Crippen molar-refractivity contribution in [2.75, 3.05) is 139 Å². The fourth-order valence-electron chi connectivity index (χ4n) is 4.60. The van der Waals surface area contributed by atoms with Gasteiger partial charge in [0.15, 0.2) is 12.6 Å². The predicted octanol–water partition coefficient (Wildman–Crippen LogP) is 1.97. The summed E-state index contributed by atoms with van der Waals surface area (Å²) in [7, 11) is 0. The first-order chi connectivity index (χ1) is 21.4. The molecule has 0 spiro atoms. The van der Waals surface area contributed by atoms with Gasteiger partial charge >= 0.3 is 0 Å². The van der Waals surface area contributed by atoms with Gasteiger partial charge in [-0.3, -0.25) is 0 Å². The van der Waals surface area contributed by atoms with Crippen LogP contribution in [0.3, 0.4) is 0 Å². The molecule has 13 heteroatoms. The Hall–Kier alpha value is -0.520. The van der Waals surface area contributed by atoms with Crippen molar-refractivity contribution in [1.29, 1.82) is 0 Å². The fraction of sp³-hybridized carbons (Fsp3) is 1.00. The highest BCUT2D eigenvalue weighted by Crippen LogP contribution is 2.17. The largest absolute Gasteiger partial charge is 0.377 e. The monoisotopic (exact) mass is 624 g/mol. The maximum atomic E-state index is 6.37. The second-order valence-electron chi connectivity index (χ2n) is 10.6. The highest BCUT2D eigenvalue weighted by Gasteiger charge is 2.33. The fourth-order valence-corrected chi connectivity index (χ4v) is 4.60. The summed E-state index contributed by atoms with van der Waals surface area (Å²) in [5.41, 5.74) is -0.855. The maximum Gasteiger partial charge on any atom is 0.157 e. The Morgan fingerprint density at radius 2 is 0.884 bits per heavy atom. The second kappa shape index (κ2) is 25.6. The van der Waals surface area contributed by atoms with Gasteiger partial charge in [0.1, 0.15) is 5.60 Å². The van der Waals surface area contributed by atoms with E-state index in [0.717, 1.165) is 51.7 Å². The Labute approximate surface area is 257 Å². The average Bonchev–Trinajstić information content (AvgIpc) is 3.04. The van der Waals surface area contributed by atoms with Crippen LogP contribution in [0.25, 0.3) is 0 Å². The summed E-state index contributed by atoms with van der Waals surface area (Å²) in [5.74, 6) is 0. The number of hydrogen-bond acceptors (Lipinski definition) is 13. The standard InChI is InChI=1S/C30H56O13/c1-3-7-39-28(5-1)41-22-19-35-21-24-43-30(27-38-20-23-42-29-6-2-4-8-40-29)25-36-17-15-33-13-11-31-9-10-32-12-14-34-16-18-37-26-30/h28-29H,1-27H2. The van der Waals surface area contributed by atoms with Crippen LogP contribution in [0.5, 0.6) is 0 Å². The van der Waals surface area contributed by atoms with Crippen LogP contribution in [0.2, 0.25) is 0 Å². The quantitative estimate of drug-likeness (QED) is 0.262. The molecule has 43 heavy (non-hydrogen) atoms. The Kier molecular flexibility index (Phi) is 22.0. The summed E-state index contributed by atoms with van der Waals surface area (Å²) in [4.78, 5) is 0. The van der Waals surface area contributed by atoms with E-state index in [4.69, 9.17) is 61.6 Å². The number of rotatable bonds is 14. The number of hydrogen-bond donors (Lipinski definition) is 0. The van der Waals surface area contributed by atoms with Crippen molar-refractivity contribution in [3.05, 3.63) is 0 Å². The van der Waals surface area contributed by atoms with Gasteiger partial charge in [-0.15, -0.1) is 0 Å². The van der Waals surface area contributed by atoms with Crippen molar-refractivity contribution in [2.24, 2.45) is 0 Å². The van der Waals surface area contributed by atoms with Crippen LogP contribution in [0, 0.1) is 0 Å². The Morgan fingerprint density at radius 1 is 0.442 bits per heavy atom. The van der Waals surface area contributed by atoms with Gasteiger partial charge in [0, 0.05) is 13.2 Å². The molecule has 0 aromatic rings. The molecule has 0 N–H and O–H groups in total. The van der Waals surface area contributed by atoms with E-state index in [1.165, 1.54) is 0 Å². The average molecular weight is 625 g/mol. The van der Waals surface area contributed by atoms with Crippen molar-refractivity contribution < 1.29 is 61.6 Å². The zero-order valence-corrected chi connectivity index (χ0v) is 26.1. The molecule has 3 fully saturated rings. The zero-order chi connectivity index (χ0) is 29.9. The molecular formula is C30H56O13. The van der Waals surface area contributed by atoms with Gasteiger partial charge in [0.05, 0.1) is 126 Å². The lowest BCUT2D eigenvalue weighted by Crippen LogP contribution is -2.48. The summed E-state index contributed by atoms with van der Waals surface area (Å²) in [6, 6.07) is 0. The van der Waals surface area contributed by atoms with Gasteiger partial charge in [-0.1, -0.05) is 0 Å². The molecule has 3 saturated heterocycles. The minimum Gasteiger partial charge on any atom is -0.377 e. The lowest BCUT2D eigenvalue weighted by molar-refractivity contribution is -0.192. The van der Waals surface area contributed by atoms with Crippen molar-refractivity contribution in [3.8, 4) is 0 Å². The molecule has 0 aliphatic carbocycles. The van der Waals surface area contributed by atoms with Crippen LogP contribution in [-0.2, 0) is 61.6 Å². The van der Waals surface area contributed by atoms with Crippen molar-refractivity contribution in [1.82, 2.24) is 0 Å². The zero-order valence-electron chi connectivity index (χ0n) is 26.1. The van der Waals surface area contributed by atoms with E-state index >= 15 is 0 Å². The molecule has 0 amide bonds. The van der Waals surface area contributed by atoms with Crippen LogP contribution in [0.15, 0.2) is 0 Å². The Bertz CT molecular complexity index is 597. The van der Waals surface area contributed by atoms with Gasteiger partial charge in [-0.2, -0.15) is 0 Å². The van der Waals surface area contributed by atoms with Crippen LogP contribution in [0.1, 0.15) is 38.5 Å². The van der Waals surface area contributed by atoms with Crippen molar-refractivity contribution >= 4 is 0 Å². The molecular weight excluding hydrogens is 568 g/mol. The van der Waals surface area contributed by atoms with Crippen LogP contribution in [-0.4, -0.2) is 157 Å². The molecule has 3 aliphatic heterocycles. The van der Waals surface area contributed by atoms with Gasteiger partial charge in [0.25, 0.3) is 0 Å². The highest BCUT2D eigenvalue weighted by molar-refractivity contribution is 4.81. The van der Waals surface area contributed by atoms with Crippen molar-refractivity contribution in [2.45, 2.75) is 56.7 Å². The van der Waals surface area contributed by atoms with E-state index in [-0.39, 0.29) is 32.4 Å². The van der Waals surface area contributed by atoms with Gasteiger partial charge in [-0.05, 0) is 38.5 Å². The lowest BCUT2D eigenvalue weighted by Gasteiger charge is -2.33. The van der Waals surface area contributed by atoms with Crippen LogP contribution >= 0.6 is 0 Å². The molecule has 3 aliphatic rings. The third-order valence-corrected chi connectivity index (χ3v) is 6.93. The first kappa shape index (κ1) is 36.9. The molecule has 2 unspecified atom stereocenters. The molecule has 3 heterocycles. The molecule has 0 aromatic carbocycles. The summed E-state index contributed by atoms with van der Waals surface area (Å²) < 4.78 is 75.3. The summed E-state index contributed by atoms with van der Waals surface area (Å²) in [6.45, 7) is 9.47. The molecule has 254 valence electrons. The molecule has 2 atom stereocenters. The molecule has 13 nitrogen and oxygen atoms in total. The molecule has 0 saturated carbocycles. The summed E-state index contributed by atoms with van der Waals surface area (Å²) >= 11 is 0. The van der Waals surface area contributed by atoms with Crippen LogP contribution < -0.4 is 0 Å². The first-order valence-corrected chi connectivity index (χ1v) is 16.1. The second-order valence-corrected chi connectivity index (χ2v) is 10.6. The van der Waals surface area contributed by atoms with E-state index in [1.54, 1.807) is 0 Å². The SMILES string of the molecule is C1CCC(OCCOCCOC2(COCCOC3CCCCO3)COCCOCCOCCOCCOCCOC2)OC1. The van der Waals surface area contributed by atoms with Crippen LogP contribution in [0.4, 0.5) is 0 Å². The van der Waals surface area contributed by atoms with Gasteiger partial charge in [0.2, 0.25) is 0 Å². The van der Waals surface area contributed by atoms with E-state index in [1.807, 2.05) is 0 Å². The molecule has 3 rings (SSSR count). The van der Waals surface area contributed by atoms with E-state index in [9.17, 15) is 0 Å². The number of ether oxygens (including phenoxy) is 13. The smallest absolute Gasteiger partial charge is 0.157 e. The van der Waals surface area contributed by atoms with Gasteiger partial charge in [-0.25, -0.2) is 0 Å². The Balaban J connectivity index is 1.44. The minimum absolute atomic E-state index is 0.123. The Morgan fingerprint density at radius 3 is 1.35 bits per heavy atom. The van der Waals surface area contributed by atoms with E-state index < -0.39 is 5.60 Å². The van der Waals surface area contributed by atoms with Crippen molar-refractivity contribution in [3.63, 3.8) is 0 Å². The first-order valence-electron chi connectivity index (χ1n) is 16.1. The molecule has 0 bridgehead atoms. The normalized spacial score (nSPS) is 26.2. The van der Waals surface area contributed by atoms with E-state index in [0.29, 0.717) is 106 Å². The third-order valence-electron chi connectivity index (χ3n) is 6.93. The summed E-state index contributed by atoms with van der Waals surface area (Å²) in [5, 5.41) is 0. The highest BCUT2D eigenvalue weighted by atomic mass is 16.7. The third kappa shape index (κ3) is 18.9.